The minimum Gasteiger partial charge on any atom is -0.302 e. The number of pyridine rings is 1. The molecule has 1 aliphatic carbocycles. The Kier molecular flexibility index (Phi) is 3.30. The van der Waals surface area contributed by atoms with E-state index in [1.165, 1.54) is 5.56 Å². The van der Waals surface area contributed by atoms with Gasteiger partial charge in [0.2, 0.25) is 0 Å². The summed E-state index contributed by atoms with van der Waals surface area (Å²) in [7, 11) is 0. The molecule has 0 bridgehead atoms. The lowest BCUT2D eigenvalue weighted by atomic mass is 10.1. The Morgan fingerprint density at radius 2 is 2.21 bits per heavy atom. The Labute approximate surface area is 112 Å². The molecule has 0 saturated carbocycles. The number of nitrogens with one attached hydrogen (secondary N) is 1. The van der Waals surface area contributed by atoms with Crippen molar-refractivity contribution in [1.82, 2.24) is 10.3 Å². The highest BCUT2D eigenvalue weighted by molar-refractivity contribution is 5.35. The van der Waals surface area contributed by atoms with Crippen molar-refractivity contribution >= 4 is 0 Å². The maximum atomic E-state index is 13.2. The van der Waals surface area contributed by atoms with Crippen LogP contribution in [-0.2, 0) is 6.42 Å². The standard InChI is InChI=1S/C16H17FN2/c1-11(15-4-2-3-9-18-15)19-16-8-5-12-10-13(17)6-7-14(12)16/h2-4,6-7,9-11,16,19H,5,8H2,1H3/t11-,16?/m0/s1. The summed E-state index contributed by atoms with van der Waals surface area (Å²) in [5.74, 6) is -0.142. The lowest BCUT2D eigenvalue weighted by Crippen LogP contribution is -2.23. The van der Waals surface area contributed by atoms with E-state index in [9.17, 15) is 4.39 Å². The average molecular weight is 256 g/mol. The summed E-state index contributed by atoms with van der Waals surface area (Å²) in [6.45, 7) is 2.11. The van der Waals surface area contributed by atoms with E-state index in [2.05, 4.69) is 17.2 Å². The Morgan fingerprint density at radius 1 is 1.32 bits per heavy atom. The molecule has 0 radical (unpaired) electrons. The molecule has 0 aliphatic heterocycles. The van der Waals surface area contributed by atoms with Crippen LogP contribution < -0.4 is 5.32 Å². The fourth-order valence-electron chi connectivity index (χ4n) is 2.78. The van der Waals surface area contributed by atoms with Crippen LogP contribution in [0.3, 0.4) is 0 Å². The van der Waals surface area contributed by atoms with E-state index < -0.39 is 0 Å². The van der Waals surface area contributed by atoms with Gasteiger partial charge in [0.25, 0.3) is 0 Å². The molecule has 1 N–H and O–H groups in total. The summed E-state index contributed by atoms with van der Waals surface area (Å²) in [6.07, 6.45) is 3.78. The number of rotatable bonds is 3. The van der Waals surface area contributed by atoms with Crippen molar-refractivity contribution in [2.24, 2.45) is 0 Å². The second-order valence-corrected chi connectivity index (χ2v) is 5.08. The summed E-state index contributed by atoms with van der Waals surface area (Å²) >= 11 is 0. The minimum atomic E-state index is -0.142. The van der Waals surface area contributed by atoms with E-state index in [4.69, 9.17) is 0 Å². The molecule has 0 amide bonds. The number of hydrogen-bond donors (Lipinski definition) is 1. The molecule has 1 heterocycles. The number of aryl methyl sites for hydroxylation is 1. The molecule has 19 heavy (non-hydrogen) atoms. The Hall–Kier alpha value is -1.74. The van der Waals surface area contributed by atoms with Gasteiger partial charge in [0.05, 0.1) is 5.69 Å². The van der Waals surface area contributed by atoms with Crippen molar-refractivity contribution in [3.05, 3.63) is 65.2 Å². The Morgan fingerprint density at radius 3 is 3.00 bits per heavy atom. The van der Waals surface area contributed by atoms with Crippen LogP contribution in [0.5, 0.6) is 0 Å². The van der Waals surface area contributed by atoms with E-state index in [0.717, 1.165) is 24.1 Å². The van der Waals surface area contributed by atoms with Crippen LogP contribution >= 0.6 is 0 Å². The molecular formula is C16H17FN2. The van der Waals surface area contributed by atoms with E-state index in [-0.39, 0.29) is 11.9 Å². The molecule has 1 unspecified atom stereocenters. The van der Waals surface area contributed by atoms with E-state index in [0.29, 0.717) is 6.04 Å². The van der Waals surface area contributed by atoms with Crippen molar-refractivity contribution in [2.45, 2.75) is 31.8 Å². The van der Waals surface area contributed by atoms with Crippen molar-refractivity contribution in [3.8, 4) is 0 Å². The third-order valence-corrected chi connectivity index (χ3v) is 3.77. The number of fused-ring (bicyclic) bond motifs is 1. The van der Waals surface area contributed by atoms with Crippen LogP contribution in [0.1, 0.15) is 42.2 Å². The number of hydrogen-bond acceptors (Lipinski definition) is 2. The zero-order valence-corrected chi connectivity index (χ0v) is 10.9. The maximum absolute atomic E-state index is 13.2. The Bertz CT molecular complexity index is 568. The summed E-state index contributed by atoms with van der Waals surface area (Å²) in [6, 6.07) is 11.5. The second kappa shape index (κ2) is 5.10. The molecule has 1 aromatic carbocycles. The quantitative estimate of drug-likeness (QED) is 0.908. The normalized spacial score (nSPS) is 19.2. The molecule has 0 fully saturated rings. The fourth-order valence-corrected chi connectivity index (χ4v) is 2.78. The average Bonchev–Trinajstić information content (AvgIpc) is 2.82. The molecule has 1 aromatic heterocycles. The minimum absolute atomic E-state index is 0.142. The highest BCUT2D eigenvalue weighted by Crippen LogP contribution is 2.33. The predicted octanol–water partition coefficient (Wildman–Crippen LogP) is 3.56. The van der Waals surface area contributed by atoms with Crippen LogP contribution in [0.4, 0.5) is 4.39 Å². The lowest BCUT2D eigenvalue weighted by Gasteiger charge is -2.20. The van der Waals surface area contributed by atoms with Gasteiger partial charge in [0.1, 0.15) is 5.82 Å². The van der Waals surface area contributed by atoms with Crippen LogP contribution in [0, 0.1) is 5.82 Å². The first kappa shape index (κ1) is 12.3. The SMILES string of the molecule is C[C@H](NC1CCc2cc(F)ccc21)c1ccccn1. The Balaban J connectivity index is 1.76. The molecule has 3 rings (SSSR count). The monoisotopic (exact) mass is 256 g/mol. The summed E-state index contributed by atoms with van der Waals surface area (Å²) in [4.78, 5) is 4.37. The van der Waals surface area contributed by atoms with Gasteiger partial charge in [-0.05, 0) is 55.2 Å². The largest absolute Gasteiger partial charge is 0.302 e. The van der Waals surface area contributed by atoms with Crippen LogP contribution in [0.2, 0.25) is 0 Å². The molecule has 0 saturated heterocycles. The van der Waals surface area contributed by atoms with Gasteiger partial charge < -0.3 is 5.32 Å². The molecule has 1 aliphatic rings. The maximum Gasteiger partial charge on any atom is 0.123 e. The molecule has 3 heteroatoms. The van der Waals surface area contributed by atoms with Crippen molar-refractivity contribution in [2.75, 3.05) is 0 Å². The van der Waals surface area contributed by atoms with Gasteiger partial charge in [-0.1, -0.05) is 12.1 Å². The van der Waals surface area contributed by atoms with E-state index >= 15 is 0 Å². The van der Waals surface area contributed by atoms with Gasteiger partial charge in [-0.2, -0.15) is 0 Å². The number of aromatic nitrogens is 1. The first-order valence-corrected chi connectivity index (χ1v) is 6.69. The summed E-state index contributed by atoms with van der Waals surface area (Å²) in [5.41, 5.74) is 3.40. The van der Waals surface area contributed by atoms with Gasteiger partial charge in [0.15, 0.2) is 0 Å². The van der Waals surface area contributed by atoms with Gasteiger partial charge in [-0.3, -0.25) is 4.98 Å². The first-order valence-electron chi connectivity index (χ1n) is 6.69. The lowest BCUT2D eigenvalue weighted by molar-refractivity contribution is 0.458. The van der Waals surface area contributed by atoms with Gasteiger partial charge in [-0.25, -0.2) is 4.39 Å². The molecule has 0 spiro atoms. The first-order chi connectivity index (χ1) is 9.24. The van der Waals surface area contributed by atoms with Crippen molar-refractivity contribution in [3.63, 3.8) is 0 Å². The molecule has 2 aromatic rings. The van der Waals surface area contributed by atoms with Crippen molar-refractivity contribution in [1.29, 1.82) is 0 Å². The van der Waals surface area contributed by atoms with Crippen LogP contribution in [0.15, 0.2) is 42.6 Å². The summed E-state index contributed by atoms with van der Waals surface area (Å²) < 4.78 is 13.2. The third-order valence-electron chi connectivity index (χ3n) is 3.77. The third kappa shape index (κ3) is 2.51. The smallest absolute Gasteiger partial charge is 0.123 e. The van der Waals surface area contributed by atoms with Gasteiger partial charge in [0, 0.05) is 18.3 Å². The fraction of sp³-hybridized carbons (Fsp3) is 0.312. The zero-order valence-electron chi connectivity index (χ0n) is 10.9. The van der Waals surface area contributed by atoms with E-state index in [1.807, 2.05) is 30.5 Å². The number of benzene rings is 1. The highest BCUT2D eigenvalue weighted by Gasteiger charge is 2.24. The molecule has 98 valence electrons. The van der Waals surface area contributed by atoms with Crippen molar-refractivity contribution < 1.29 is 4.39 Å². The molecular weight excluding hydrogens is 239 g/mol. The zero-order chi connectivity index (χ0) is 13.2. The topological polar surface area (TPSA) is 24.9 Å². The van der Waals surface area contributed by atoms with Gasteiger partial charge >= 0.3 is 0 Å². The number of nitrogens with zero attached hydrogens (tertiary/aromatic N) is 1. The van der Waals surface area contributed by atoms with Crippen LogP contribution in [-0.4, -0.2) is 4.98 Å². The van der Waals surface area contributed by atoms with E-state index in [1.54, 1.807) is 12.1 Å². The van der Waals surface area contributed by atoms with Crippen LogP contribution in [0.25, 0.3) is 0 Å². The molecule has 2 atom stereocenters. The number of halogens is 1. The highest BCUT2D eigenvalue weighted by atomic mass is 19.1. The van der Waals surface area contributed by atoms with Gasteiger partial charge in [-0.15, -0.1) is 0 Å². The predicted molar refractivity (Wildman–Crippen MR) is 73.2 cm³/mol. The second-order valence-electron chi connectivity index (χ2n) is 5.08. The molecule has 2 nitrogen and oxygen atoms in total. The summed E-state index contributed by atoms with van der Waals surface area (Å²) in [5, 5.41) is 3.59.